The number of rotatable bonds is 4. The zero-order valence-corrected chi connectivity index (χ0v) is 14.8. The van der Waals surface area contributed by atoms with E-state index < -0.39 is 0 Å². The Kier molecular flexibility index (Phi) is 4.67. The van der Waals surface area contributed by atoms with Crippen LogP contribution in [0.15, 0.2) is 53.4 Å². The quantitative estimate of drug-likeness (QED) is 0.683. The number of halogens is 1. The number of carbonyl (C=O) groups excluding carboxylic acids is 1. The van der Waals surface area contributed by atoms with Crippen LogP contribution in [0.5, 0.6) is 5.75 Å². The molecule has 4 nitrogen and oxygen atoms in total. The first-order valence-electron chi connectivity index (χ1n) is 8.41. The van der Waals surface area contributed by atoms with Gasteiger partial charge in [-0.2, -0.15) is 0 Å². The maximum atomic E-state index is 14.3. The number of nitrogens with zero attached hydrogens (tertiary/aromatic N) is 2. The van der Waals surface area contributed by atoms with E-state index in [1.807, 2.05) is 11.4 Å². The molecule has 0 radical (unpaired) electrons. The Labute approximate surface area is 154 Å². The summed E-state index contributed by atoms with van der Waals surface area (Å²) in [7, 11) is 0. The highest BCUT2D eigenvalue weighted by molar-refractivity contribution is 7.07. The Morgan fingerprint density at radius 2 is 2.15 bits per heavy atom. The number of ether oxygens (including phenoxy) is 1. The molecule has 1 aliphatic rings. The fourth-order valence-corrected chi connectivity index (χ4v) is 3.69. The van der Waals surface area contributed by atoms with Crippen LogP contribution in [-0.4, -0.2) is 17.4 Å². The zero-order valence-electron chi connectivity index (χ0n) is 14.0. The molecule has 1 aliphatic heterocycles. The van der Waals surface area contributed by atoms with E-state index in [-0.39, 0.29) is 11.7 Å². The van der Waals surface area contributed by atoms with E-state index in [1.54, 1.807) is 35.8 Å². The molecular formula is C20H17FN2O2S. The average molecular weight is 368 g/mol. The number of thiazole rings is 1. The Hall–Kier alpha value is -2.73. The molecule has 0 atom stereocenters. The summed E-state index contributed by atoms with van der Waals surface area (Å²) in [5, 5.41) is 1.92. The molecule has 0 N–H and O–H groups in total. The van der Waals surface area contributed by atoms with Gasteiger partial charge in [0, 0.05) is 17.5 Å². The van der Waals surface area contributed by atoms with Gasteiger partial charge < -0.3 is 9.64 Å². The molecule has 132 valence electrons. The molecule has 1 aromatic heterocycles. The van der Waals surface area contributed by atoms with Gasteiger partial charge in [-0.25, -0.2) is 9.37 Å². The highest BCUT2D eigenvalue weighted by atomic mass is 32.1. The second kappa shape index (κ2) is 7.25. The van der Waals surface area contributed by atoms with Crippen molar-refractivity contribution in [1.82, 2.24) is 4.98 Å². The summed E-state index contributed by atoms with van der Waals surface area (Å²) in [6.07, 6.45) is 1.61. The van der Waals surface area contributed by atoms with E-state index in [0.29, 0.717) is 30.2 Å². The summed E-state index contributed by atoms with van der Waals surface area (Å²) in [5.41, 5.74) is 4.36. The minimum absolute atomic E-state index is 0.213. The summed E-state index contributed by atoms with van der Waals surface area (Å²) in [6, 6.07) is 12.0. The summed E-state index contributed by atoms with van der Waals surface area (Å²) in [6.45, 7) is 0.860. The van der Waals surface area contributed by atoms with Gasteiger partial charge in [-0.05, 0) is 42.7 Å². The minimum atomic E-state index is -0.355. The van der Waals surface area contributed by atoms with E-state index in [4.69, 9.17) is 4.74 Å². The molecule has 6 heteroatoms. The van der Waals surface area contributed by atoms with Gasteiger partial charge in [-0.15, -0.1) is 11.3 Å². The largest absolute Gasteiger partial charge is 0.487 e. The molecule has 0 bridgehead atoms. The third-order valence-corrected chi connectivity index (χ3v) is 5.00. The van der Waals surface area contributed by atoms with Crippen molar-refractivity contribution in [2.45, 2.75) is 19.4 Å². The number of amides is 1. The molecule has 0 saturated heterocycles. The third-order valence-electron chi connectivity index (χ3n) is 4.36. The molecule has 0 fully saturated rings. The second-order valence-electron chi connectivity index (χ2n) is 6.10. The van der Waals surface area contributed by atoms with Gasteiger partial charge in [0.1, 0.15) is 18.2 Å². The zero-order chi connectivity index (χ0) is 17.9. The summed E-state index contributed by atoms with van der Waals surface area (Å²) >= 11 is 1.51. The lowest BCUT2D eigenvalue weighted by atomic mass is 10.0. The Balaban J connectivity index is 1.57. The number of carbonyl (C=O) groups is 1. The fraction of sp³-hybridized carbons (Fsp3) is 0.200. The standard InChI is InChI=1S/C20H17FN2O2S/c21-18-8-2-4-14-6-3-9-23(19(14)18)20(24)15-5-1-7-17(10-15)25-11-16-12-26-13-22-16/h1-2,4-5,7-8,10,12-13H,3,6,9,11H2. The van der Waals surface area contributed by atoms with E-state index in [9.17, 15) is 9.18 Å². The van der Waals surface area contributed by atoms with E-state index in [1.165, 1.54) is 22.3 Å². The lowest BCUT2D eigenvalue weighted by Crippen LogP contribution is -2.36. The maximum absolute atomic E-state index is 14.3. The molecule has 0 unspecified atom stereocenters. The molecule has 2 aromatic carbocycles. The smallest absolute Gasteiger partial charge is 0.258 e. The van der Waals surface area contributed by atoms with Gasteiger partial charge in [0.25, 0.3) is 5.91 Å². The van der Waals surface area contributed by atoms with Gasteiger partial charge in [0.2, 0.25) is 0 Å². The summed E-state index contributed by atoms with van der Waals surface area (Å²) < 4.78 is 20.1. The Morgan fingerprint density at radius 3 is 3.00 bits per heavy atom. The van der Waals surface area contributed by atoms with Crippen LogP contribution in [0.1, 0.15) is 28.0 Å². The Morgan fingerprint density at radius 1 is 1.27 bits per heavy atom. The van der Waals surface area contributed by atoms with Crippen molar-refractivity contribution in [2.24, 2.45) is 0 Å². The first kappa shape index (κ1) is 16.7. The lowest BCUT2D eigenvalue weighted by molar-refractivity contribution is 0.0983. The van der Waals surface area contributed by atoms with Crippen LogP contribution in [0, 0.1) is 5.82 Å². The van der Waals surface area contributed by atoms with Crippen molar-refractivity contribution in [2.75, 3.05) is 11.4 Å². The fourth-order valence-electron chi connectivity index (χ4n) is 3.15. The molecule has 3 aromatic rings. The summed E-state index contributed by atoms with van der Waals surface area (Å²) in [4.78, 5) is 18.7. The van der Waals surface area contributed by atoms with Crippen LogP contribution in [0.4, 0.5) is 10.1 Å². The van der Waals surface area contributed by atoms with E-state index in [2.05, 4.69) is 4.98 Å². The SMILES string of the molecule is O=C(c1cccc(OCc2cscn2)c1)N1CCCc2cccc(F)c21. The third kappa shape index (κ3) is 3.32. The van der Waals surface area contributed by atoms with E-state index >= 15 is 0 Å². The second-order valence-corrected chi connectivity index (χ2v) is 6.82. The predicted octanol–water partition coefficient (Wildman–Crippen LogP) is 4.45. The van der Waals surface area contributed by atoms with Crippen molar-refractivity contribution in [1.29, 1.82) is 0 Å². The van der Waals surface area contributed by atoms with Crippen LogP contribution in [0.3, 0.4) is 0 Å². The van der Waals surface area contributed by atoms with Gasteiger partial charge in [0.05, 0.1) is 16.9 Å². The molecule has 26 heavy (non-hydrogen) atoms. The minimum Gasteiger partial charge on any atom is -0.487 e. The number of para-hydroxylation sites is 1. The maximum Gasteiger partial charge on any atom is 0.258 e. The van der Waals surface area contributed by atoms with Crippen LogP contribution >= 0.6 is 11.3 Å². The molecule has 4 rings (SSSR count). The predicted molar refractivity (Wildman–Crippen MR) is 99.3 cm³/mol. The summed E-state index contributed by atoms with van der Waals surface area (Å²) in [5.74, 6) is 0.0243. The average Bonchev–Trinajstić information content (AvgIpc) is 3.19. The first-order chi connectivity index (χ1) is 12.7. The molecule has 0 spiro atoms. The Bertz CT molecular complexity index is 927. The number of anilines is 1. The lowest BCUT2D eigenvalue weighted by Gasteiger charge is -2.30. The van der Waals surface area contributed by atoms with Gasteiger partial charge in [-0.3, -0.25) is 4.79 Å². The van der Waals surface area contributed by atoms with E-state index in [0.717, 1.165) is 24.1 Å². The number of hydrogen-bond donors (Lipinski definition) is 0. The van der Waals surface area contributed by atoms with Gasteiger partial charge >= 0.3 is 0 Å². The number of aromatic nitrogens is 1. The van der Waals surface area contributed by atoms with Crippen molar-refractivity contribution >= 4 is 22.9 Å². The first-order valence-corrected chi connectivity index (χ1v) is 9.36. The van der Waals surface area contributed by atoms with Gasteiger partial charge in [0.15, 0.2) is 0 Å². The molecular weight excluding hydrogens is 351 g/mol. The number of aryl methyl sites for hydroxylation is 1. The van der Waals surface area contributed by atoms with Crippen LogP contribution < -0.4 is 9.64 Å². The topological polar surface area (TPSA) is 42.4 Å². The highest BCUT2D eigenvalue weighted by Gasteiger charge is 2.26. The van der Waals surface area contributed by atoms with Crippen molar-refractivity contribution in [3.63, 3.8) is 0 Å². The van der Waals surface area contributed by atoms with Crippen molar-refractivity contribution in [3.05, 3.63) is 76.0 Å². The highest BCUT2D eigenvalue weighted by Crippen LogP contribution is 2.31. The monoisotopic (exact) mass is 368 g/mol. The van der Waals surface area contributed by atoms with Crippen LogP contribution in [0.25, 0.3) is 0 Å². The normalized spacial score (nSPS) is 13.3. The van der Waals surface area contributed by atoms with Crippen LogP contribution in [0.2, 0.25) is 0 Å². The molecule has 2 heterocycles. The number of benzene rings is 2. The molecule has 1 amide bonds. The van der Waals surface area contributed by atoms with Crippen LogP contribution in [-0.2, 0) is 13.0 Å². The van der Waals surface area contributed by atoms with Crippen molar-refractivity contribution in [3.8, 4) is 5.75 Å². The number of hydrogen-bond acceptors (Lipinski definition) is 4. The molecule has 0 aliphatic carbocycles. The molecule has 0 saturated carbocycles. The van der Waals surface area contributed by atoms with Crippen molar-refractivity contribution < 1.29 is 13.9 Å². The van der Waals surface area contributed by atoms with Gasteiger partial charge in [-0.1, -0.05) is 18.2 Å². The number of fused-ring (bicyclic) bond motifs is 1.